The molecule has 1 aliphatic rings. The van der Waals surface area contributed by atoms with E-state index in [1.54, 1.807) is 12.1 Å². The summed E-state index contributed by atoms with van der Waals surface area (Å²) in [7, 11) is -3.75. The Morgan fingerprint density at radius 3 is 2.50 bits per heavy atom. The van der Waals surface area contributed by atoms with Crippen LogP contribution in [0.15, 0.2) is 47.4 Å². The third kappa shape index (κ3) is 4.24. The molecule has 2 aromatic carbocycles. The number of rotatable bonds is 5. The van der Waals surface area contributed by atoms with E-state index in [0.717, 1.165) is 16.7 Å². The molecule has 0 spiro atoms. The van der Waals surface area contributed by atoms with Gasteiger partial charge in [-0.15, -0.1) is 0 Å². The van der Waals surface area contributed by atoms with Crippen LogP contribution in [-0.4, -0.2) is 31.2 Å². The molecule has 7 heteroatoms. The largest absolute Gasteiger partial charge is 0.348 e. The van der Waals surface area contributed by atoms with Crippen molar-refractivity contribution in [3.8, 4) is 0 Å². The predicted octanol–water partition coefficient (Wildman–Crippen LogP) is 3.99. The summed E-state index contributed by atoms with van der Waals surface area (Å²) in [4.78, 5) is 13.1. The topological polar surface area (TPSA) is 66.5 Å². The van der Waals surface area contributed by atoms with Gasteiger partial charge in [0, 0.05) is 11.6 Å². The molecule has 1 saturated heterocycles. The van der Waals surface area contributed by atoms with Gasteiger partial charge in [0.1, 0.15) is 6.04 Å². The molecule has 2 atom stereocenters. The first-order chi connectivity index (χ1) is 13.2. The van der Waals surface area contributed by atoms with E-state index in [1.807, 2.05) is 32.9 Å². The Morgan fingerprint density at radius 2 is 1.86 bits per heavy atom. The van der Waals surface area contributed by atoms with Crippen molar-refractivity contribution in [2.24, 2.45) is 0 Å². The third-order valence-corrected chi connectivity index (χ3v) is 7.35. The lowest BCUT2D eigenvalue weighted by molar-refractivity contribution is -0.124. The summed E-state index contributed by atoms with van der Waals surface area (Å²) >= 11 is 5.87. The molecule has 0 unspecified atom stereocenters. The third-order valence-electron chi connectivity index (χ3n) is 5.18. The monoisotopic (exact) mass is 420 g/mol. The first-order valence-electron chi connectivity index (χ1n) is 9.35. The number of amides is 1. The maximum absolute atomic E-state index is 13.0. The maximum atomic E-state index is 13.0. The fourth-order valence-corrected chi connectivity index (χ4v) is 5.51. The first-order valence-corrected chi connectivity index (χ1v) is 11.2. The minimum Gasteiger partial charge on any atom is -0.348 e. The lowest BCUT2D eigenvalue weighted by Crippen LogP contribution is -2.46. The van der Waals surface area contributed by atoms with E-state index in [2.05, 4.69) is 11.4 Å². The van der Waals surface area contributed by atoms with Crippen molar-refractivity contribution < 1.29 is 13.2 Å². The number of hydrogen-bond acceptors (Lipinski definition) is 3. The maximum Gasteiger partial charge on any atom is 0.243 e. The van der Waals surface area contributed by atoms with Gasteiger partial charge in [-0.1, -0.05) is 35.4 Å². The lowest BCUT2D eigenvalue weighted by Gasteiger charge is -2.25. The Labute approximate surface area is 171 Å². The van der Waals surface area contributed by atoms with E-state index in [4.69, 9.17) is 11.6 Å². The van der Waals surface area contributed by atoms with Crippen molar-refractivity contribution in [3.63, 3.8) is 0 Å². The SMILES string of the molecule is Cc1ccc([C@H](C)NC(=O)[C@@H]2CCCN2S(=O)(=O)c2ccc(Cl)cc2)c(C)c1. The first kappa shape index (κ1) is 20.8. The molecule has 3 rings (SSSR count). The standard InChI is InChI=1S/C21H25ClN2O3S/c1-14-6-11-19(15(2)13-14)16(3)23-21(25)20-5-4-12-24(20)28(26,27)18-9-7-17(22)8-10-18/h6-11,13,16,20H,4-5,12H2,1-3H3,(H,23,25)/t16-,20-/m0/s1. The summed E-state index contributed by atoms with van der Waals surface area (Å²) < 4.78 is 27.3. The van der Waals surface area contributed by atoms with Crippen LogP contribution in [0.2, 0.25) is 5.02 Å². The van der Waals surface area contributed by atoms with Crippen molar-refractivity contribution in [2.45, 2.75) is 50.6 Å². The van der Waals surface area contributed by atoms with E-state index in [9.17, 15) is 13.2 Å². The van der Waals surface area contributed by atoms with Crippen LogP contribution >= 0.6 is 11.6 Å². The van der Waals surface area contributed by atoms with Gasteiger partial charge in [-0.05, 0) is 69.0 Å². The Morgan fingerprint density at radius 1 is 1.18 bits per heavy atom. The van der Waals surface area contributed by atoms with Crippen LogP contribution in [-0.2, 0) is 14.8 Å². The van der Waals surface area contributed by atoms with Crippen LogP contribution in [0, 0.1) is 13.8 Å². The minimum absolute atomic E-state index is 0.152. The number of aryl methyl sites for hydroxylation is 2. The fraction of sp³-hybridized carbons (Fsp3) is 0.381. The van der Waals surface area contributed by atoms with Crippen molar-refractivity contribution in [3.05, 3.63) is 64.2 Å². The highest BCUT2D eigenvalue weighted by atomic mass is 35.5. The second kappa shape index (κ2) is 8.23. The molecule has 1 amide bonds. The molecule has 1 aliphatic heterocycles. The molecule has 0 aromatic heterocycles. The Bertz CT molecular complexity index is 974. The molecule has 150 valence electrons. The molecule has 1 N–H and O–H groups in total. The Kier molecular flexibility index (Phi) is 6.12. The Hall–Kier alpha value is -1.89. The zero-order valence-corrected chi connectivity index (χ0v) is 17.8. The number of hydrogen-bond donors (Lipinski definition) is 1. The van der Waals surface area contributed by atoms with E-state index in [1.165, 1.54) is 16.4 Å². The molecule has 1 heterocycles. The summed E-state index contributed by atoms with van der Waals surface area (Å²) in [5.74, 6) is -0.262. The van der Waals surface area contributed by atoms with Crippen LogP contribution in [0.4, 0.5) is 0 Å². The van der Waals surface area contributed by atoms with Crippen LogP contribution in [0.25, 0.3) is 0 Å². The van der Waals surface area contributed by atoms with Crippen molar-refractivity contribution in [1.29, 1.82) is 0 Å². The average Bonchev–Trinajstić information content (AvgIpc) is 3.12. The number of nitrogens with one attached hydrogen (secondary N) is 1. The number of carbonyl (C=O) groups excluding carboxylic acids is 1. The predicted molar refractivity (Wildman–Crippen MR) is 111 cm³/mol. The molecule has 0 bridgehead atoms. The summed E-state index contributed by atoms with van der Waals surface area (Å²) in [5, 5.41) is 3.46. The summed E-state index contributed by atoms with van der Waals surface area (Å²) in [6.45, 7) is 6.29. The quantitative estimate of drug-likeness (QED) is 0.795. The number of carbonyl (C=O) groups is 1. The zero-order valence-electron chi connectivity index (χ0n) is 16.3. The van der Waals surface area contributed by atoms with Gasteiger partial charge in [-0.2, -0.15) is 4.31 Å². The lowest BCUT2D eigenvalue weighted by atomic mass is 10.00. The van der Waals surface area contributed by atoms with Crippen molar-refractivity contribution in [1.82, 2.24) is 9.62 Å². The van der Waals surface area contributed by atoms with E-state index in [-0.39, 0.29) is 16.8 Å². The van der Waals surface area contributed by atoms with Gasteiger partial charge in [0.05, 0.1) is 10.9 Å². The van der Waals surface area contributed by atoms with Crippen molar-refractivity contribution >= 4 is 27.5 Å². The smallest absolute Gasteiger partial charge is 0.243 e. The van der Waals surface area contributed by atoms with Gasteiger partial charge < -0.3 is 5.32 Å². The normalized spacial score (nSPS) is 18.8. The van der Waals surface area contributed by atoms with Crippen LogP contribution in [0.5, 0.6) is 0 Å². The van der Waals surface area contributed by atoms with Gasteiger partial charge in [0.2, 0.25) is 15.9 Å². The van der Waals surface area contributed by atoms with Crippen LogP contribution < -0.4 is 5.32 Å². The summed E-state index contributed by atoms with van der Waals surface area (Å²) in [5.41, 5.74) is 3.30. The highest BCUT2D eigenvalue weighted by Crippen LogP contribution is 2.28. The van der Waals surface area contributed by atoms with Gasteiger partial charge >= 0.3 is 0 Å². The number of nitrogens with zero attached hydrogens (tertiary/aromatic N) is 1. The second-order valence-corrected chi connectivity index (χ2v) is 9.65. The molecule has 0 saturated carbocycles. The van der Waals surface area contributed by atoms with Crippen LogP contribution in [0.1, 0.15) is 42.5 Å². The Balaban J connectivity index is 1.78. The fourth-order valence-electron chi connectivity index (χ4n) is 3.73. The minimum atomic E-state index is -3.75. The molecule has 0 radical (unpaired) electrons. The van der Waals surface area contributed by atoms with Gasteiger partial charge in [0.15, 0.2) is 0 Å². The highest BCUT2D eigenvalue weighted by Gasteiger charge is 2.39. The summed E-state index contributed by atoms with van der Waals surface area (Å²) in [6, 6.07) is 11.2. The van der Waals surface area contributed by atoms with Gasteiger partial charge in [-0.25, -0.2) is 8.42 Å². The van der Waals surface area contributed by atoms with Crippen LogP contribution in [0.3, 0.4) is 0 Å². The van der Waals surface area contributed by atoms with Crippen molar-refractivity contribution in [2.75, 3.05) is 6.54 Å². The highest BCUT2D eigenvalue weighted by molar-refractivity contribution is 7.89. The number of benzene rings is 2. The average molecular weight is 421 g/mol. The molecule has 0 aliphatic carbocycles. The summed E-state index contributed by atoms with van der Waals surface area (Å²) in [6.07, 6.45) is 1.17. The van der Waals surface area contributed by atoms with E-state index < -0.39 is 16.1 Å². The van der Waals surface area contributed by atoms with E-state index in [0.29, 0.717) is 24.4 Å². The number of halogens is 1. The molecule has 5 nitrogen and oxygen atoms in total. The molecule has 2 aromatic rings. The van der Waals surface area contributed by atoms with Gasteiger partial charge in [-0.3, -0.25) is 4.79 Å². The molecule has 28 heavy (non-hydrogen) atoms. The number of sulfonamides is 1. The zero-order chi connectivity index (χ0) is 20.5. The molecule has 1 fully saturated rings. The molecular formula is C21H25ClN2O3S. The second-order valence-electron chi connectivity index (χ2n) is 7.32. The van der Waals surface area contributed by atoms with E-state index >= 15 is 0 Å². The molecular weight excluding hydrogens is 396 g/mol. The van der Waals surface area contributed by atoms with Gasteiger partial charge in [0.25, 0.3) is 0 Å².